The minimum absolute atomic E-state index is 0.0117. The smallest absolute Gasteiger partial charge is 0.242 e. The molecule has 0 aliphatic rings. The van der Waals surface area contributed by atoms with Crippen molar-refractivity contribution in [2.24, 2.45) is 0 Å². The van der Waals surface area contributed by atoms with Gasteiger partial charge in [0.1, 0.15) is 4.90 Å². The highest BCUT2D eigenvalue weighted by molar-refractivity contribution is 7.89. The topological polar surface area (TPSA) is 59.1 Å². The van der Waals surface area contributed by atoms with E-state index in [1.807, 2.05) is 0 Å². The zero-order chi connectivity index (χ0) is 13.9. The molecule has 0 atom stereocenters. The van der Waals surface area contributed by atoms with Gasteiger partial charge in [-0.2, -0.15) is 0 Å². The maximum atomic E-state index is 13.0. The molecule has 0 bridgehead atoms. The Labute approximate surface area is 109 Å². The van der Waals surface area contributed by atoms with E-state index in [4.69, 9.17) is 0 Å². The van der Waals surface area contributed by atoms with Crippen molar-refractivity contribution in [2.75, 3.05) is 0 Å². The molecule has 0 fully saturated rings. The Hall–Kier alpha value is -1.86. The predicted molar refractivity (Wildman–Crippen MR) is 64.6 cm³/mol. The van der Waals surface area contributed by atoms with E-state index in [1.165, 1.54) is 30.6 Å². The van der Waals surface area contributed by atoms with Crippen LogP contribution in [0.1, 0.15) is 5.56 Å². The zero-order valence-electron chi connectivity index (χ0n) is 9.68. The lowest BCUT2D eigenvalue weighted by molar-refractivity contribution is 0.506. The number of hydrogen-bond acceptors (Lipinski definition) is 3. The van der Waals surface area contributed by atoms with E-state index in [0.29, 0.717) is 5.56 Å². The molecule has 19 heavy (non-hydrogen) atoms. The standard InChI is InChI=1S/C12H10F2N2O2S/c13-11-4-3-9(6-12(11)14)7-16-19(17,18)10-2-1-5-15-8-10/h1-6,8,16H,7H2. The minimum Gasteiger partial charge on any atom is -0.263 e. The van der Waals surface area contributed by atoms with Crippen LogP contribution in [0.4, 0.5) is 8.78 Å². The fourth-order valence-electron chi connectivity index (χ4n) is 1.42. The lowest BCUT2D eigenvalue weighted by atomic mass is 10.2. The number of benzene rings is 1. The zero-order valence-corrected chi connectivity index (χ0v) is 10.5. The molecule has 2 rings (SSSR count). The third-order valence-electron chi connectivity index (χ3n) is 2.40. The monoisotopic (exact) mass is 284 g/mol. The fraction of sp³-hybridized carbons (Fsp3) is 0.0833. The second kappa shape index (κ2) is 5.41. The number of nitrogens with zero attached hydrogens (tertiary/aromatic N) is 1. The summed E-state index contributed by atoms with van der Waals surface area (Å²) in [6, 6.07) is 6.08. The Morgan fingerprint density at radius 2 is 1.95 bits per heavy atom. The van der Waals surface area contributed by atoms with Crippen LogP contribution in [-0.4, -0.2) is 13.4 Å². The Kier molecular flexibility index (Phi) is 3.87. The highest BCUT2D eigenvalue weighted by atomic mass is 32.2. The molecule has 0 unspecified atom stereocenters. The van der Waals surface area contributed by atoms with Gasteiger partial charge in [-0.25, -0.2) is 21.9 Å². The van der Waals surface area contributed by atoms with E-state index < -0.39 is 21.7 Å². The third kappa shape index (κ3) is 3.33. The molecule has 0 amide bonds. The molecule has 1 N–H and O–H groups in total. The molecule has 1 heterocycles. The van der Waals surface area contributed by atoms with Crippen molar-refractivity contribution in [1.29, 1.82) is 0 Å². The van der Waals surface area contributed by atoms with Gasteiger partial charge < -0.3 is 0 Å². The number of sulfonamides is 1. The lowest BCUT2D eigenvalue weighted by Gasteiger charge is -2.06. The number of halogens is 2. The molecule has 0 radical (unpaired) electrons. The number of nitrogens with one attached hydrogen (secondary N) is 1. The first kappa shape index (κ1) is 13.6. The predicted octanol–water partition coefficient (Wildman–Crippen LogP) is 1.84. The van der Waals surface area contributed by atoms with E-state index in [1.54, 1.807) is 0 Å². The van der Waals surface area contributed by atoms with E-state index in [-0.39, 0.29) is 11.4 Å². The Bertz CT molecular complexity index is 675. The summed E-state index contributed by atoms with van der Waals surface area (Å²) in [5, 5.41) is 0. The summed E-state index contributed by atoms with van der Waals surface area (Å²) in [4.78, 5) is 3.71. The van der Waals surface area contributed by atoms with Gasteiger partial charge in [0.2, 0.25) is 10.0 Å². The van der Waals surface area contributed by atoms with Crippen molar-refractivity contribution in [3.63, 3.8) is 0 Å². The normalized spacial score (nSPS) is 11.5. The number of pyridine rings is 1. The van der Waals surface area contributed by atoms with Crippen LogP contribution in [0.3, 0.4) is 0 Å². The van der Waals surface area contributed by atoms with E-state index in [9.17, 15) is 17.2 Å². The summed E-state index contributed by atoms with van der Waals surface area (Å²) in [5.74, 6) is -1.99. The van der Waals surface area contributed by atoms with Gasteiger partial charge in [0.15, 0.2) is 11.6 Å². The Balaban J connectivity index is 2.12. The van der Waals surface area contributed by atoms with Crippen LogP contribution in [0.5, 0.6) is 0 Å². The van der Waals surface area contributed by atoms with Gasteiger partial charge >= 0.3 is 0 Å². The van der Waals surface area contributed by atoms with Crippen molar-refractivity contribution in [3.05, 3.63) is 59.9 Å². The summed E-state index contributed by atoms with van der Waals surface area (Å²) in [6.07, 6.45) is 2.65. The molecule has 7 heteroatoms. The molecular formula is C12H10F2N2O2S. The molecule has 1 aromatic carbocycles. The summed E-state index contributed by atoms with van der Waals surface area (Å²) >= 11 is 0. The van der Waals surface area contributed by atoms with Crippen LogP contribution in [0.2, 0.25) is 0 Å². The number of hydrogen-bond donors (Lipinski definition) is 1. The second-order valence-corrected chi connectivity index (χ2v) is 5.53. The molecule has 0 saturated heterocycles. The molecule has 0 aliphatic heterocycles. The third-order valence-corrected chi connectivity index (χ3v) is 3.78. The largest absolute Gasteiger partial charge is 0.263 e. The maximum Gasteiger partial charge on any atom is 0.242 e. The Morgan fingerprint density at radius 3 is 2.58 bits per heavy atom. The first-order valence-corrected chi connectivity index (χ1v) is 6.81. The summed E-state index contributed by atoms with van der Waals surface area (Å²) in [6.45, 7) is -0.131. The van der Waals surface area contributed by atoms with Crippen molar-refractivity contribution in [2.45, 2.75) is 11.4 Å². The molecule has 2 aromatic rings. The van der Waals surface area contributed by atoms with Gasteiger partial charge in [0, 0.05) is 18.9 Å². The average Bonchev–Trinajstić information content (AvgIpc) is 2.41. The van der Waals surface area contributed by atoms with E-state index in [2.05, 4.69) is 9.71 Å². The second-order valence-electron chi connectivity index (χ2n) is 3.76. The van der Waals surface area contributed by atoms with Crippen molar-refractivity contribution in [3.8, 4) is 0 Å². The molecule has 100 valence electrons. The number of rotatable bonds is 4. The van der Waals surface area contributed by atoms with Crippen LogP contribution in [-0.2, 0) is 16.6 Å². The van der Waals surface area contributed by atoms with Crippen LogP contribution < -0.4 is 4.72 Å². The van der Waals surface area contributed by atoms with Gasteiger partial charge in [-0.3, -0.25) is 4.98 Å². The average molecular weight is 284 g/mol. The van der Waals surface area contributed by atoms with Crippen molar-refractivity contribution >= 4 is 10.0 Å². The molecule has 4 nitrogen and oxygen atoms in total. The van der Waals surface area contributed by atoms with E-state index >= 15 is 0 Å². The van der Waals surface area contributed by atoms with Crippen molar-refractivity contribution in [1.82, 2.24) is 9.71 Å². The first-order chi connectivity index (χ1) is 8.99. The molecule has 1 aromatic heterocycles. The SMILES string of the molecule is O=S(=O)(NCc1ccc(F)c(F)c1)c1cccnc1. The minimum atomic E-state index is -3.71. The van der Waals surface area contributed by atoms with E-state index in [0.717, 1.165) is 12.1 Å². The van der Waals surface area contributed by atoms with Crippen molar-refractivity contribution < 1.29 is 17.2 Å². The van der Waals surface area contributed by atoms with Crippen LogP contribution in [0.15, 0.2) is 47.6 Å². The maximum absolute atomic E-state index is 13.0. The quantitative estimate of drug-likeness (QED) is 0.932. The fourth-order valence-corrected chi connectivity index (χ4v) is 2.40. The van der Waals surface area contributed by atoms with Gasteiger partial charge in [0.25, 0.3) is 0 Å². The lowest BCUT2D eigenvalue weighted by Crippen LogP contribution is -2.23. The van der Waals surface area contributed by atoms with Crippen LogP contribution in [0, 0.1) is 11.6 Å². The molecular weight excluding hydrogens is 274 g/mol. The van der Waals surface area contributed by atoms with Crippen LogP contribution >= 0.6 is 0 Å². The van der Waals surface area contributed by atoms with Gasteiger partial charge in [-0.15, -0.1) is 0 Å². The molecule has 0 saturated carbocycles. The Morgan fingerprint density at radius 1 is 1.16 bits per heavy atom. The highest BCUT2D eigenvalue weighted by Gasteiger charge is 2.13. The van der Waals surface area contributed by atoms with Gasteiger partial charge in [0.05, 0.1) is 0 Å². The van der Waals surface area contributed by atoms with Gasteiger partial charge in [-0.05, 0) is 29.8 Å². The molecule has 0 spiro atoms. The number of aromatic nitrogens is 1. The van der Waals surface area contributed by atoms with Crippen LogP contribution in [0.25, 0.3) is 0 Å². The van der Waals surface area contributed by atoms with Gasteiger partial charge in [-0.1, -0.05) is 6.07 Å². The summed E-state index contributed by atoms with van der Waals surface area (Å²) < 4.78 is 51.6. The highest BCUT2D eigenvalue weighted by Crippen LogP contribution is 2.10. The summed E-state index contributed by atoms with van der Waals surface area (Å²) in [5.41, 5.74) is 0.325. The molecule has 0 aliphatic carbocycles. The summed E-state index contributed by atoms with van der Waals surface area (Å²) in [7, 11) is -3.71. The first-order valence-electron chi connectivity index (χ1n) is 5.33.